The first kappa shape index (κ1) is 13.7. The molecule has 94 valence electrons. The highest BCUT2D eigenvalue weighted by Gasteiger charge is 2.12. The van der Waals surface area contributed by atoms with Gasteiger partial charge in [-0.2, -0.15) is 0 Å². The molecule has 0 bridgehead atoms. The number of hydrogen-bond donors (Lipinski definition) is 1. The minimum absolute atomic E-state index is 0.0209. The van der Waals surface area contributed by atoms with Crippen LogP contribution in [0.2, 0.25) is 0 Å². The molecule has 17 heavy (non-hydrogen) atoms. The van der Waals surface area contributed by atoms with Crippen LogP contribution in [0.4, 0.5) is 0 Å². The maximum Gasteiger partial charge on any atom is 0.303 e. The number of aliphatic carboxylic acids is 1. The summed E-state index contributed by atoms with van der Waals surface area (Å²) in [7, 11) is -3.21. The van der Waals surface area contributed by atoms with E-state index in [2.05, 4.69) is 0 Å². The molecule has 4 nitrogen and oxygen atoms in total. The summed E-state index contributed by atoms with van der Waals surface area (Å²) in [6.07, 6.45) is 0.0661. The fraction of sp³-hybridized carbons (Fsp3) is 0.417. The number of carbonyl (C=O) groups is 1. The van der Waals surface area contributed by atoms with Gasteiger partial charge in [-0.1, -0.05) is 29.8 Å². The lowest BCUT2D eigenvalue weighted by molar-refractivity contribution is -0.137. The van der Waals surface area contributed by atoms with Gasteiger partial charge in [-0.25, -0.2) is 8.42 Å². The molecule has 0 saturated carbocycles. The lowest BCUT2D eigenvalue weighted by Crippen LogP contribution is -2.10. The third-order valence-electron chi connectivity index (χ3n) is 2.35. The summed E-state index contributed by atoms with van der Waals surface area (Å²) in [6, 6.07) is 7.29. The summed E-state index contributed by atoms with van der Waals surface area (Å²) in [5, 5.41) is 8.44. The maximum atomic E-state index is 11.7. The standard InChI is InChI=1S/C12H16O4S/c1-10-4-6-11(7-5-10)9-17(15,16)8-2-3-12(13)14/h4-7H,2-3,8-9H2,1H3,(H,13,14). The van der Waals surface area contributed by atoms with Gasteiger partial charge >= 0.3 is 5.97 Å². The number of carboxylic acids is 1. The summed E-state index contributed by atoms with van der Waals surface area (Å²) < 4.78 is 23.3. The van der Waals surface area contributed by atoms with Crippen molar-refractivity contribution in [2.75, 3.05) is 5.75 Å². The zero-order valence-electron chi connectivity index (χ0n) is 9.72. The minimum atomic E-state index is -3.21. The molecule has 0 saturated heterocycles. The zero-order valence-corrected chi connectivity index (χ0v) is 10.5. The Balaban J connectivity index is 2.54. The second-order valence-electron chi connectivity index (χ2n) is 4.07. The molecule has 0 aromatic heterocycles. The molecule has 1 aromatic rings. The maximum absolute atomic E-state index is 11.7. The van der Waals surface area contributed by atoms with Crippen molar-refractivity contribution in [3.63, 3.8) is 0 Å². The first-order valence-electron chi connectivity index (χ1n) is 5.37. The smallest absolute Gasteiger partial charge is 0.303 e. The summed E-state index contributed by atoms with van der Waals surface area (Å²) in [4.78, 5) is 10.3. The summed E-state index contributed by atoms with van der Waals surface area (Å²) in [5.74, 6) is -1.06. The van der Waals surface area contributed by atoms with Crippen LogP contribution in [-0.4, -0.2) is 25.2 Å². The van der Waals surface area contributed by atoms with E-state index in [9.17, 15) is 13.2 Å². The van der Waals surface area contributed by atoms with Gasteiger partial charge in [0.15, 0.2) is 9.84 Å². The predicted molar refractivity (Wildman–Crippen MR) is 65.5 cm³/mol. The Morgan fingerprint density at radius 2 is 1.82 bits per heavy atom. The van der Waals surface area contributed by atoms with Crippen LogP contribution in [0.3, 0.4) is 0 Å². The molecule has 0 spiro atoms. The fourth-order valence-electron chi connectivity index (χ4n) is 1.45. The van der Waals surface area contributed by atoms with Crippen LogP contribution in [0.15, 0.2) is 24.3 Å². The molecular formula is C12H16O4S. The SMILES string of the molecule is Cc1ccc(CS(=O)(=O)CCCC(=O)O)cc1. The molecule has 1 aromatic carbocycles. The summed E-state index contributed by atoms with van der Waals surface area (Å²) in [5.41, 5.74) is 1.82. The zero-order chi connectivity index (χ0) is 12.9. The van der Waals surface area contributed by atoms with Crippen molar-refractivity contribution in [2.45, 2.75) is 25.5 Å². The van der Waals surface area contributed by atoms with Crippen molar-refractivity contribution in [1.82, 2.24) is 0 Å². The van der Waals surface area contributed by atoms with E-state index in [1.807, 2.05) is 19.1 Å². The van der Waals surface area contributed by atoms with Crippen LogP contribution in [0.1, 0.15) is 24.0 Å². The van der Waals surface area contributed by atoms with E-state index in [0.29, 0.717) is 0 Å². The predicted octanol–water partition coefficient (Wildman–Crippen LogP) is 1.77. The molecule has 5 heteroatoms. The second kappa shape index (κ2) is 5.82. The van der Waals surface area contributed by atoms with Gasteiger partial charge in [-0.15, -0.1) is 0 Å². The van der Waals surface area contributed by atoms with Crippen LogP contribution < -0.4 is 0 Å². The molecule has 1 N–H and O–H groups in total. The number of hydrogen-bond acceptors (Lipinski definition) is 3. The summed E-state index contributed by atoms with van der Waals surface area (Å²) in [6.45, 7) is 1.94. The van der Waals surface area contributed by atoms with E-state index in [1.54, 1.807) is 12.1 Å². The third kappa shape index (κ3) is 5.49. The van der Waals surface area contributed by atoms with Crippen molar-refractivity contribution in [1.29, 1.82) is 0 Å². The third-order valence-corrected chi connectivity index (χ3v) is 4.04. The molecule has 0 aliphatic heterocycles. The van der Waals surface area contributed by atoms with E-state index in [-0.39, 0.29) is 24.3 Å². The molecule has 0 fully saturated rings. The first-order chi connectivity index (χ1) is 7.89. The van der Waals surface area contributed by atoms with Crippen LogP contribution in [0.5, 0.6) is 0 Å². The van der Waals surface area contributed by atoms with Crippen molar-refractivity contribution >= 4 is 15.8 Å². The highest BCUT2D eigenvalue weighted by atomic mass is 32.2. The Morgan fingerprint density at radius 1 is 1.24 bits per heavy atom. The molecule has 0 aliphatic carbocycles. The molecule has 0 heterocycles. The highest BCUT2D eigenvalue weighted by Crippen LogP contribution is 2.09. The largest absolute Gasteiger partial charge is 0.481 e. The average molecular weight is 256 g/mol. The van der Waals surface area contributed by atoms with Gasteiger partial charge in [0.05, 0.1) is 11.5 Å². The van der Waals surface area contributed by atoms with E-state index in [1.165, 1.54) is 0 Å². The Kier molecular flexibility index (Phi) is 4.69. The van der Waals surface area contributed by atoms with Gasteiger partial charge < -0.3 is 5.11 Å². The normalized spacial score (nSPS) is 11.4. The van der Waals surface area contributed by atoms with Crippen molar-refractivity contribution in [3.8, 4) is 0 Å². The lowest BCUT2D eigenvalue weighted by Gasteiger charge is -2.04. The molecule has 0 atom stereocenters. The molecule has 0 radical (unpaired) electrons. The van der Waals surface area contributed by atoms with Gasteiger partial charge in [-0.05, 0) is 18.9 Å². The van der Waals surface area contributed by atoms with E-state index >= 15 is 0 Å². The number of carboxylic acid groups (broad SMARTS) is 1. The van der Waals surface area contributed by atoms with Crippen LogP contribution in [-0.2, 0) is 20.4 Å². The van der Waals surface area contributed by atoms with Gasteiger partial charge in [-0.3, -0.25) is 4.79 Å². The second-order valence-corrected chi connectivity index (χ2v) is 6.26. The number of sulfone groups is 1. The fourth-order valence-corrected chi connectivity index (χ4v) is 2.88. The average Bonchev–Trinajstić information content (AvgIpc) is 2.20. The van der Waals surface area contributed by atoms with E-state index in [0.717, 1.165) is 11.1 Å². The van der Waals surface area contributed by atoms with Crippen molar-refractivity contribution < 1.29 is 18.3 Å². The van der Waals surface area contributed by atoms with Crippen LogP contribution >= 0.6 is 0 Å². The monoisotopic (exact) mass is 256 g/mol. The Labute approximate surface area is 101 Å². The number of aryl methyl sites for hydroxylation is 1. The Morgan fingerprint density at radius 3 is 2.35 bits per heavy atom. The molecule has 0 aliphatic rings. The minimum Gasteiger partial charge on any atom is -0.481 e. The first-order valence-corrected chi connectivity index (χ1v) is 7.19. The van der Waals surface area contributed by atoms with Crippen LogP contribution in [0, 0.1) is 6.92 Å². The molecule has 0 unspecified atom stereocenters. The van der Waals surface area contributed by atoms with Gasteiger partial charge in [0.1, 0.15) is 0 Å². The molecule has 0 amide bonds. The molecular weight excluding hydrogens is 240 g/mol. The van der Waals surface area contributed by atoms with Gasteiger partial charge in [0.25, 0.3) is 0 Å². The number of benzene rings is 1. The quantitative estimate of drug-likeness (QED) is 0.842. The Hall–Kier alpha value is -1.36. The highest BCUT2D eigenvalue weighted by molar-refractivity contribution is 7.90. The summed E-state index contributed by atoms with van der Waals surface area (Å²) >= 11 is 0. The van der Waals surface area contributed by atoms with Crippen LogP contribution in [0.25, 0.3) is 0 Å². The Bertz CT molecular complexity index is 474. The van der Waals surface area contributed by atoms with Crippen molar-refractivity contribution in [2.24, 2.45) is 0 Å². The van der Waals surface area contributed by atoms with Crippen molar-refractivity contribution in [3.05, 3.63) is 35.4 Å². The lowest BCUT2D eigenvalue weighted by atomic mass is 10.2. The van der Waals surface area contributed by atoms with Gasteiger partial charge in [0, 0.05) is 6.42 Å². The topological polar surface area (TPSA) is 71.4 Å². The van der Waals surface area contributed by atoms with E-state index < -0.39 is 15.8 Å². The van der Waals surface area contributed by atoms with E-state index in [4.69, 9.17) is 5.11 Å². The molecule has 1 rings (SSSR count). The number of rotatable bonds is 6. The van der Waals surface area contributed by atoms with Gasteiger partial charge in [0.2, 0.25) is 0 Å².